The summed E-state index contributed by atoms with van der Waals surface area (Å²) in [5, 5.41) is 0.853. The van der Waals surface area contributed by atoms with Crippen LogP contribution in [0, 0.1) is 6.92 Å². The fourth-order valence-corrected chi connectivity index (χ4v) is 1.63. The molecular formula is C10H12ClN. The summed E-state index contributed by atoms with van der Waals surface area (Å²) in [6, 6.07) is 6.58. The van der Waals surface area contributed by atoms with Crippen LogP contribution >= 0.6 is 11.6 Å². The van der Waals surface area contributed by atoms with Crippen molar-refractivity contribution >= 4 is 11.6 Å². The summed E-state index contributed by atoms with van der Waals surface area (Å²) in [5.41, 5.74) is 8.17. The van der Waals surface area contributed by atoms with Crippen LogP contribution in [-0.2, 0) is 0 Å². The van der Waals surface area contributed by atoms with Crippen molar-refractivity contribution in [1.82, 2.24) is 0 Å². The van der Waals surface area contributed by atoms with Gasteiger partial charge in [0, 0.05) is 17.0 Å². The molecule has 2 N–H and O–H groups in total. The molecule has 2 rings (SSSR count). The van der Waals surface area contributed by atoms with Gasteiger partial charge >= 0.3 is 0 Å². The minimum atomic E-state index is 0.365. The first-order valence-electron chi connectivity index (χ1n) is 4.20. The molecule has 1 nitrogen and oxygen atoms in total. The number of halogens is 1. The van der Waals surface area contributed by atoms with Crippen LogP contribution < -0.4 is 5.73 Å². The van der Waals surface area contributed by atoms with Crippen molar-refractivity contribution in [2.75, 3.05) is 0 Å². The van der Waals surface area contributed by atoms with Crippen molar-refractivity contribution in [3.8, 4) is 0 Å². The Hall–Kier alpha value is -0.530. The van der Waals surface area contributed by atoms with Crippen molar-refractivity contribution in [3.63, 3.8) is 0 Å². The summed E-state index contributed by atoms with van der Waals surface area (Å²) in [5.74, 6) is 0.558. The molecule has 12 heavy (non-hydrogen) atoms. The van der Waals surface area contributed by atoms with Crippen LogP contribution in [0.5, 0.6) is 0 Å². The van der Waals surface area contributed by atoms with Crippen LogP contribution in [0.1, 0.15) is 23.5 Å². The third-order valence-electron chi connectivity index (χ3n) is 2.46. The van der Waals surface area contributed by atoms with Crippen molar-refractivity contribution in [2.24, 2.45) is 5.73 Å². The Morgan fingerprint density at radius 2 is 2.17 bits per heavy atom. The zero-order valence-corrected chi connectivity index (χ0v) is 7.81. The Morgan fingerprint density at radius 1 is 1.50 bits per heavy atom. The number of hydrogen-bond donors (Lipinski definition) is 1. The van der Waals surface area contributed by atoms with E-state index >= 15 is 0 Å². The molecule has 2 heteroatoms. The lowest BCUT2D eigenvalue weighted by Gasteiger charge is -2.01. The van der Waals surface area contributed by atoms with E-state index in [1.54, 1.807) is 0 Å². The second kappa shape index (κ2) is 2.75. The first kappa shape index (κ1) is 8.09. The van der Waals surface area contributed by atoms with E-state index in [2.05, 4.69) is 12.1 Å². The van der Waals surface area contributed by atoms with Crippen molar-refractivity contribution < 1.29 is 0 Å². The molecule has 0 amide bonds. The summed E-state index contributed by atoms with van der Waals surface area (Å²) in [4.78, 5) is 0. The second-order valence-electron chi connectivity index (χ2n) is 3.51. The van der Waals surface area contributed by atoms with Gasteiger partial charge in [-0.1, -0.05) is 23.7 Å². The van der Waals surface area contributed by atoms with Crippen LogP contribution in [0.3, 0.4) is 0 Å². The largest absolute Gasteiger partial charge is 0.327 e. The SMILES string of the molecule is Cc1ccc([C@@H]2C[C@H]2N)cc1Cl. The standard InChI is InChI=1S/C10H12ClN/c1-6-2-3-7(4-9(6)11)8-5-10(8)12/h2-4,8,10H,5,12H2,1H3/t8-,10+/m0/s1. The highest BCUT2D eigenvalue weighted by Crippen LogP contribution is 2.39. The smallest absolute Gasteiger partial charge is 0.0438 e. The molecule has 0 unspecified atom stereocenters. The molecule has 0 saturated heterocycles. The maximum Gasteiger partial charge on any atom is 0.0438 e. The molecule has 1 aromatic rings. The van der Waals surface area contributed by atoms with Gasteiger partial charge in [-0.25, -0.2) is 0 Å². The lowest BCUT2D eigenvalue weighted by atomic mass is 10.1. The molecule has 64 valence electrons. The molecule has 0 spiro atoms. The molecule has 1 aliphatic carbocycles. The average Bonchev–Trinajstić information content (AvgIpc) is 2.73. The average molecular weight is 182 g/mol. The third-order valence-corrected chi connectivity index (χ3v) is 2.87. The maximum absolute atomic E-state index is 5.99. The zero-order chi connectivity index (χ0) is 8.72. The predicted molar refractivity (Wildman–Crippen MR) is 51.5 cm³/mol. The molecule has 2 atom stereocenters. The summed E-state index contributed by atoms with van der Waals surface area (Å²) in [7, 11) is 0. The third kappa shape index (κ3) is 1.35. The number of nitrogens with two attached hydrogens (primary N) is 1. The first-order chi connectivity index (χ1) is 5.68. The fourth-order valence-electron chi connectivity index (χ4n) is 1.44. The van der Waals surface area contributed by atoms with E-state index in [0.29, 0.717) is 12.0 Å². The number of hydrogen-bond acceptors (Lipinski definition) is 1. The maximum atomic E-state index is 5.99. The molecule has 0 heterocycles. The lowest BCUT2D eigenvalue weighted by Crippen LogP contribution is -2.00. The Balaban J connectivity index is 2.29. The highest BCUT2D eigenvalue weighted by atomic mass is 35.5. The van der Waals surface area contributed by atoms with Gasteiger partial charge in [-0.05, 0) is 30.5 Å². The minimum Gasteiger partial charge on any atom is -0.327 e. The molecule has 0 bridgehead atoms. The van der Waals surface area contributed by atoms with Gasteiger partial charge in [0.25, 0.3) is 0 Å². The molecule has 0 aromatic heterocycles. The monoisotopic (exact) mass is 181 g/mol. The highest BCUT2D eigenvalue weighted by Gasteiger charge is 2.34. The Bertz CT molecular complexity index is 309. The van der Waals surface area contributed by atoms with E-state index in [1.165, 1.54) is 5.56 Å². The van der Waals surface area contributed by atoms with E-state index in [9.17, 15) is 0 Å². The molecule has 1 saturated carbocycles. The van der Waals surface area contributed by atoms with E-state index in [0.717, 1.165) is 17.0 Å². The Labute approximate surface area is 77.5 Å². The predicted octanol–water partition coefficient (Wildman–Crippen LogP) is 2.46. The summed E-state index contributed by atoms with van der Waals surface area (Å²) >= 11 is 5.99. The minimum absolute atomic E-state index is 0.365. The van der Waals surface area contributed by atoms with Crippen LogP contribution in [0.25, 0.3) is 0 Å². The molecule has 1 aromatic carbocycles. The van der Waals surface area contributed by atoms with Crippen molar-refractivity contribution in [3.05, 3.63) is 34.3 Å². The number of rotatable bonds is 1. The fraction of sp³-hybridized carbons (Fsp3) is 0.400. The molecule has 1 fully saturated rings. The number of benzene rings is 1. The first-order valence-corrected chi connectivity index (χ1v) is 4.58. The lowest BCUT2D eigenvalue weighted by molar-refractivity contribution is 0.990. The highest BCUT2D eigenvalue weighted by molar-refractivity contribution is 6.31. The van der Waals surface area contributed by atoms with Gasteiger partial charge < -0.3 is 5.73 Å². The second-order valence-corrected chi connectivity index (χ2v) is 3.92. The summed E-state index contributed by atoms with van der Waals surface area (Å²) in [6.07, 6.45) is 1.11. The van der Waals surface area contributed by atoms with Gasteiger partial charge in [-0.3, -0.25) is 0 Å². The van der Waals surface area contributed by atoms with E-state index in [1.807, 2.05) is 13.0 Å². The van der Waals surface area contributed by atoms with E-state index < -0.39 is 0 Å². The summed E-state index contributed by atoms with van der Waals surface area (Å²) < 4.78 is 0. The van der Waals surface area contributed by atoms with E-state index in [4.69, 9.17) is 17.3 Å². The molecular weight excluding hydrogens is 170 g/mol. The van der Waals surface area contributed by atoms with Crippen molar-refractivity contribution in [1.29, 1.82) is 0 Å². The van der Waals surface area contributed by atoms with Gasteiger partial charge in [0.05, 0.1) is 0 Å². The van der Waals surface area contributed by atoms with Crippen LogP contribution in [-0.4, -0.2) is 6.04 Å². The van der Waals surface area contributed by atoms with Gasteiger partial charge in [0.15, 0.2) is 0 Å². The zero-order valence-electron chi connectivity index (χ0n) is 7.05. The van der Waals surface area contributed by atoms with Crippen molar-refractivity contribution in [2.45, 2.75) is 25.3 Å². The molecule has 0 radical (unpaired) electrons. The quantitative estimate of drug-likeness (QED) is 0.708. The Morgan fingerprint density at radius 3 is 2.67 bits per heavy atom. The van der Waals surface area contributed by atoms with Crippen LogP contribution in [0.15, 0.2) is 18.2 Å². The van der Waals surface area contributed by atoms with Crippen LogP contribution in [0.2, 0.25) is 5.02 Å². The Kier molecular flexibility index (Phi) is 1.85. The topological polar surface area (TPSA) is 26.0 Å². The van der Waals surface area contributed by atoms with Gasteiger partial charge in [0.2, 0.25) is 0 Å². The van der Waals surface area contributed by atoms with Gasteiger partial charge in [0.1, 0.15) is 0 Å². The molecule has 1 aliphatic rings. The van der Waals surface area contributed by atoms with Crippen LogP contribution in [0.4, 0.5) is 0 Å². The normalized spacial score (nSPS) is 27.2. The summed E-state index contributed by atoms with van der Waals surface area (Å²) in [6.45, 7) is 2.01. The molecule has 0 aliphatic heterocycles. The van der Waals surface area contributed by atoms with Gasteiger partial charge in [-0.15, -0.1) is 0 Å². The number of aryl methyl sites for hydroxylation is 1. The van der Waals surface area contributed by atoms with Gasteiger partial charge in [-0.2, -0.15) is 0 Å². The van der Waals surface area contributed by atoms with E-state index in [-0.39, 0.29) is 0 Å².